The number of rotatable bonds is 7. The molecule has 0 N–H and O–H groups in total. The standard InChI is InChI=1S/C18H26O/c1-2-14-19-15-18-12-10-17(11-13-18)9-8-16-6-4-3-5-7-16/h2-7,17-18H,1,8-15H2. The molecule has 0 heterocycles. The lowest BCUT2D eigenvalue weighted by atomic mass is 9.80. The second kappa shape index (κ2) is 8.16. The van der Waals surface area contributed by atoms with E-state index in [2.05, 4.69) is 36.9 Å². The van der Waals surface area contributed by atoms with Crippen molar-refractivity contribution in [3.63, 3.8) is 0 Å². The summed E-state index contributed by atoms with van der Waals surface area (Å²) < 4.78 is 5.57. The first kappa shape index (κ1) is 14.3. The van der Waals surface area contributed by atoms with Gasteiger partial charge in [0.05, 0.1) is 6.61 Å². The molecule has 0 atom stereocenters. The number of benzene rings is 1. The lowest BCUT2D eigenvalue weighted by molar-refractivity contribution is 0.0952. The van der Waals surface area contributed by atoms with Gasteiger partial charge in [0.15, 0.2) is 0 Å². The van der Waals surface area contributed by atoms with E-state index in [1.165, 1.54) is 44.1 Å². The van der Waals surface area contributed by atoms with Crippen LogP contribution in [0.15, 0.2) is 43.0 Å². The van der Waals surface area contributed by atoms with E-state index in [-0.39, 0.29) is 0 Å². The summed E-state index contributed by atoms with van der Waals surface area (Å²) in [4.78, 5) is 0. The van der Waals surface area contributed by atoms with E-state index in [0.29, 0.717) is 6.61 Å². The van der Waals surface area contributed by atoms with Gasteiger partial charge in [-0.2, -0.15) is 0 Å². The molecule has 1 saturated carbocycles. The molecule has 1 aliphatic carbocycles. The van der Waals surface area contributed by atoms with E-state index in [9.17, 15) is 0 Å². The van der Waals surface area contributed by atoms with Crippen LogP contribution < -0.4 is 0 Å². The fourth-order valence-corrected chi connectivity index (χ4v) is 3.02. The third-order valence-electron chi connectivity index (χ3n) is 4.24. The highest BCUT2D eigenvalue weighted by Crippen LogP contribution is 2.31. The van der Waals surface area contributed by atoms with Gasteiger partial charge >= 0.3 is 0 Å². The maximum Gasteiger partial charge on any atom is 0.0644 e. The van der Waals surface area contributed by atoms with Crippen LogP contribution in [0.25, 0.3) is 0 Å². The first-order valence-corrected chi connectivity index (χ1v) is 7.61. The van der Waals surface area contributed by atoms with E-state index in [1.54, 1.807) is 0 Å². The predicted molar refractivity (Wildman–Crippen MR) is 81.2 cm³/mol. The summed E-state index contributed by atoms with van der Waals surface area (Å²) >= 11 is 0. The normalized spacial score (nSPS) is 23.2. The monoisotopic (exact) mass is 258 g/mol. The number of aryl methyl sites for hydroxylation is 1. The zero-order chi connectivity index (χ0) is 13.3. The smallest absolute Gasteiger partial charge is 0.0644 e. The quantitative estimate of drug-likeness (QED) is 0.512. The van der Waals surface area contributed by atoms with Gasteiger partial charge in [-0.15, -0.1) is 6.58 Å². The van der Waals surface area contributed by atoms with E-state index in [4.69, 9.17) is 4.74 Å². The van der Waals surface area contributed by atoms with Gasteiger partial charge in [-0.3, -0.25) is 0 Å². The summed E-state index contributed by atoms with van der Waals surface area (Å²) in [6, 6.07) is 10.9. The zero-order valence-corrected chi connectivity index (χ0v) is 11.9. The first-order valence-electron chi connectivity index (χ1n) is 7.61. The molecule has 1 aromatic carbocycles. The molecule has 1 aliphatic rings. The average Bonchev–Trinajstić information content (AvgIpc) is 2.48. The third kappa shape index (κ3) is 5.20. The summed E-state index contributed by atoms with van der Waals surface area (Å²) in [5.41, 5.74) is 1.49. The van der Waals surface area contributed by atoms with Crippen LogP contribution >= 0.6 is 0 Å². The van der Waals surface area contributed by atoms with E-state index >= 15 is 0 Å². The largest absolute Gasteiger partial charge is 0.377 e. The molecule has 104 valence electrons. The molecule has 0 bridgehead atoms. The van der Waals surface area contributed by atoms with Crippen molar-refractivity contribution in [1.82, 2.24) is 0 Å². The molecule has 1 nitrogen and oxygen atoms in total. The molecule has 2 rings (SSSR count). The fourth-order valence-electron chi connectivity index (χ4n) is 3.02. The van der Waals surface area contributed by atoms with Gasteiger partial charge in [-0.25, -0.2) is 0 Å². The highest BCUT2D eigenvalue weighted by Gasteiger charge is 2.20. The predicted octanol–water partition coefficient (Wildman–Crippen LogP) is 4.63. The molecular formula is C18H26O. The first-order chi connectivity index (χ1) is 9.38. The summed E-state index contributed by atoms with van der Waals surface area (Å²) in [6.45, 7) is 5.31. The molecule has 0 spiro atoms. The summed E-state index contributed by atoms with van der Waals surface area (Å²) in [5, 5.41) is 0. The van der Waals surface area contributed by atoms with Gasteiger partial charge in [-0.05, 0) is 43.1 Å². The van der Waals surface area contributed by atoms with Crippen LogP contribution in [0.1, 0.15) is 37.7 Å². The van der Waals surface area contributed by atoms with Gasteiger partial charge in [0.1, 0.15) is 0 Å². The lowest BCUT2D eigenvalue weighted by Crippen LogP contribution is -2.19. The van der Waals surface area contributed by atoms with Crippen LogP contribution in [0.2, 0.25) is 0 Å². The lowest BCUT2D eigenvalue weighted by Gasteiger charge is -2.28. The molecule has 0 saturated heterocycles. The Morgan fingerprint density at radius 3 is 2.42 bits per heavy atom. The average molecular weight is 258 g/mol. The van der Waals surface area contributed by atoms with Crippen molar-refractivity contribution >= 4 is 0 Å². The Bertz CT molecular complexity index is 349. The topological polar surface area (TPSA) is 9.23 Å². The van der Waals surface area contributed by atoms with E-state index < -0.39 is 0 Å². The van der Waals surface area contributed by atoms with Crippen molar-refractivity contribution in [2.24, 2.45) is 11.8 Å². The van der Waals surface area contributed by atoms with Gasteiger partial charge in [0.25, 0.3) is 0 Å². The van der Waals surface area contributed by atoms with Crippen LogP contribution in [0.5, 0.6) is 0 Å². The van der Waals surface area contributed by atoms with Crippen molar-refractivity contribution in [2.45, 2.75) is 38.5 Å². The van der Waals surface area contributed by atoms with Gasteiger partial charge in [-0.1, -0.05) is 49.2 Å². The second-order valence-electron chi connectivity index (χ2n) is 5.74. The highest BCUT2D eigenvalue weighted by atomic mass is 16.5. The Labute approximate surface area is 117 Å². The van der Waals surface area contributed by atoms with Gasteiger partial charge < -0.3 is 4.74 Å². The van der Waals surface area contributed by atoms with Crippen molar-refractivity contribution in [2.75, 3.05) is 13.2 Å². The molecule has 0 unspecified atom stereocenters. The maximum absolute atomic E-state index is 5.57. The summed E-state index contributed by atoms with van der Waals surface area (Å²) in [7, 11) is 0. The molecular weight excluding hydrogens is 232 g/mol. The molecule has 1 fully saturated rings. The van der Waals surface area contributed by atoms with Crippen LogP contribution in [-0.4, -0.2) is 13.2 Å². The van der Waals surface area contributed by atoms with Crippen LogP contribution in [0.4, 0.5) is 0 Å². The molecule has 1 aromatic rings. The molecule has 0 aliphatic heterocycles. The Balaban J connectivity index is 1.62. The number of ether oxygens (including phenoxy) is 1. The Morgan fingerprint density at radius 2 is 1.74 bits per heavy atom. The van der Waals surface area contributed by atoms with Crippen molar-refractivity contribution in [3.05, 3.63) is 48.6 Å². The molecule has 0 aromatic heterocycles. The Morgan fingerprint density at radius 1 is 1.05 bits per heavy atom. The van der Waals surface area contributed by atoms with Crippen molar-refractivity contribution in [1.29, 1.82) is 0 Å². The minimum Gasteiger partial charge on any atom is -0.377 e. The second-order valence-corrected chi connectivity index (χ2v) is 5.74. The Kier molecular flexibility index (Phi) is 6.16. The minimum atomic E-state index is 0.702. The van der Waals surface area contributed by atoms with Crippen molar-refractivity contribution < 1.29 is 4.74 Å². The SMILES string of the molecule is C=CCOCC1CCC(CCc2ccccc2)CC1. The van der Waals surface area contributed by atoms with Crippen LogP contribution in [-0.2, 0) is 11.2 Å². The molecule has 0 amide bonds. The number of hydrogen-bond donors (Lipinski definition) is 0. The fraction of sp³-hybridized carbons (Fsp3) is 0.556. The number of hydrogen-bond acceptors (Lipinski definition) is 1. The van der Waals surface area contributed by atoms with E-state index in [1.807, 2.05) is 6.08 Å². The van der Waals surface area contributed by atoms with Gasteiger partial charge in [0.2, 0.25) is 0 Å². The van der Waals surface area contributed by atoms with Gasteiger partial charge in [0, 0.05) is 6.61 Å². The van der Waals surface area contributed by atoms with Crippen molar-refractivity contribution in [3.8, 4) is 0 Å². The highest BCUT2D eigenvalue weighted by molar-refractivity contribution is 5.14. The summed E-state index contributed by atoms with van der Waals surface area (Å²) in [5.74, 6) is 1.71. The zero-order valence-electron chi connectivity index (χ0n) is 11.9. The van der Waals surface area contributed by atoms with Crippen LogP contribution in [0.3, 0.4) is 0 Å². The molecule has 19 heavy (non-hydrogen) atoms. The third-order valence-corrected chi connectivity index (χ3v) is 4.24. The molecule has 0 radical (unpaired) electrons. The minimum absolute atomic E-state index is 0.702. The maximum atomic E-state index is 5.57. The summed E-state index contributed by atoms with van der Waals surface area (Å²) in [6.07, 6.45) is 9.88. The van der Waals surface area contributed by atoms with Crippen LogP contribution in [0, 0.1) is 11.8 Å². The molecule has 1 heteroatoms. The van der Waals surface area contributed by atoms with E-state index in [0.717, 1.165) is 18.4 Å². The Hall–Kier alpha value is -1.08.